The lowest BCUT2D eigenvalue weighted by atomic mass is 10.1. The van der Waals surface area contributed by atoms with Gasteiger partial charge in [-0.15, -0.1) is 0 Å². The third kappa shape index (κ3) is 3.95. The average molecular weight is 281 g/mol. The van der Waals surface area contributed by atoms with Gasteiger partial charge in [0, 0.05) is 17.5 Å². The Hall–Kier alpha value is -0.280. The molecule has 1 rings (SSSR count). The maximum atomic E-state index is 11.6. The molecule has 0 aliphatic rings. The lowest BCUT2D eigenvalue weighted by Gasteiger charge is -2.11. The van der Waals surface area contributed by atoms with E-state index in [0.717, 1.165) is 0 Å². The Labute approximate surface area is 110 Å². The Bertz CT molecular complexity index is 356. The molecule has 0 aromatic heterocycles. The Morgan fingerprint density at radius 3 is 2.19 bits per heavy atom. The van der Waals surface area contributed by atoms with E-state index in [2.05, 4.69) is 0 Å². The minimum atomic E-state index is -1.45. The minimum Gasteiger partial charge on any atom is -0.330 e. The van der Waals surface area contributed by atoms with Crippen molar-refractivity contribution in [3.8, 4) is 0 Å². The molecule has 0 saturated heterocycles. The number of hydrogen-bond donors (Lipinski definition) is 1. The number of carbonyl (C=O) groups excluding carboxylic acids is 1. The number of hydrogen-bond acceptors (Lipinski definition) is 2. The fourth-order valence-electron chi connectivity index (χ4n) is 1.25. The number of Topliss-reactive ketones (excluding diaryl/α,β-unsaturated/α-hetero) is 1. The quantitative estimate of drug-likeness (QED) is 0.678. The lowest BCUT2D eigenvalue weighted by molar-refractivity contribution is 0.0981. The van der Waals surface area contributed by atoms with Gasteiger partial charge >= 0.3 is 0 Å². The molecule has 0 aliphatic carbocycles. The van der Waals surface area contributed by atoms with Crippen LogP contribution in [-0.4, -0.2) is 12.3 Å². The number of benzene rings is 1. The first-order chi connectivity index (χ1) is 7.45. The number of rotatable bonds is 4. The molecule has 0 bridgehead atoms. The first-order valence-electron chi connectivity index (χ1n) is 4.85. The van der Waals surface area contributed by atoms with Crippen molar-refractivity contribution in [1.29, 1.82) is 0 Å². The predicted molar refractivity (Wildman–Crippen MR) is 68.3 cm³/mol. The van der Waals surface area contributed by atoms with Crippen LogP contribution in [0.4, 0.5) is 0 Å². The van der Waals surface area contributed by atoms with Gasteiger partial charge in [-0.3, -0.25) is 4.79 Å². The molecule has 0 spiro atoms. The molecular formula is C11H12Cl3NO. The van der Waals surface area contributed by atoms with E-state index < -0.39 is 3.79 Å². The van der Waals surface area contributed by atoms with E-state index in [4.69, 9.17) is 40.5 Å². The van der Waals surface area contributed by atoms with Crippen molar-refractivity contribution in [2.75, 3.05) is 6.54 Å². The summed E-state index contributed by atoms with van der Waals surface area (Å²) in [6.45, 7) is 0.512. The van der Waals surface area contributed by atoms with E-state index in [1.165, 1.54) is 0 Å². The van der Waals surface area contributed by atoms with E-state index in [9.17, 15) is 4.79 Å². The normalized spacial score (nSPS) is 11.5. The second-order valence-corrected chi connectivity index (χ2v) is 5.67. The fourth-order valence-corrected chi connectivity index (χ4v) is 1.63. The molecule has 5 heteroatoms. The van der Waals surface area contributed by atoms with Crippen molar-refractivity contribution in [1.82, 2.24) is 0 Å². The highest BCUT2D eigenvalue weighted by molar-refractivity contribution is 6.66. The number of nitrogens with two attached hydrogens (primary N) is 1. The minimum absolute atomic E-state index is 0.0568. The van der Waals surface area contributed by atoms with E-state index >= 15 is 0 Å². The summed E-state index contributed by atoms with van der Waals surface area (Å²) in [6.07, 6.45) is 1.13. The Balaban J connectivity index is 2.75. The van der Waals surface area contributed by atoms with Gasteiger partial charge in [0.15, 0.2) is 5.78 Å². The van der Waals surface area contributed by atoms with Crippen LogP contribution >= 0.6 is 34.8 Å². The lowest BCUT2D eigenvalue weighted by Crippen LogP contribution is -2.06. The molecule has 88 valence electrons. The van der Waals surface area contributed by atoms with Crippen molar-refractivity contribution < 1.29 is 4.79 Å². The number of ketones is 1. The summed E-state index contributed by atoms with van der Waals surface area (Å²) in [4.78, 5) is 11.6. The summed E-state index contributed by atoms with van der Waals surface area (Å²) in [5.74, 6) is 0.0568. The van der Waals surface area contributed by atoms with Gasteiger partial charge in [0.2, 0.25) is 3.79 Å². The number of alkyl halides is 3. The van der Waals surface area contributed by atoms with Crippen molar-refractivity contribution in [3.05, 3.63) is 35.4 Å². The fraction of sp³-hybridized carbons (Fsp3) is 0.364. The summed E-state index contributed by atoms with van der Waals surface area (Å²) in [5.41, 5.74) is 6.50. The van der Waals surface area contributed by atoms with Crippen molar-refractivity contribution in [2.45, 2.75) is 16.6 Å². The zero-order valence-corrected chi connectivity index (χ0v) is 10.8. The molecule has 1 aromatic carbocycles. The van der Waals surface area contributed by atoms with Crippen LogP contribution in [0.15, 0.2) is 24.3 Å². The first-order valence-corrected chi connectivity index (χ1v) is 5.99. The largest absolute Gasteiger partial charge is 0.330 e. The first kappa shape index (κ1) is 13.8. The van der Waals surface area contributed by atoms with Crippen LogP contribution in [0.1, 0.15) is 28.8 Å². The summed E-state index contributed by atoms with van der Waals surface area (Å²) in [6, 6.07) is 6.61. The Morgan fingerprint density at radius 1 is 1.19 bits per heavy atom. The highest BCUT2D eigenvalue weighted by atomic mass is 35.6. The van der Waals surface area contributed by atoms with Gasteiger partial charge in [-0.2, -0.15) is 0 Å². The molecule has 1 aromatic rings. The van der Waals surface area contributed by atoms with Gasteiger partial charge in [0.25, 0.3) is 0 Å². The van der Waals surface area contributed by atoms with Crippen LogP contribution < -0.4 is 5.73 Å². The average Bonchev–Trinajstić information content (AvgIpc) is 2.25. The predicted octanol–water partition coefficient (Wildman–Crippen LogP) is 3.43. The van der Waals surface area contributed by atoms with E-state index in [1.54, 1.807) is 24.3 Å². The van der Waals surface area contributed by atoms with Gasteiger partial charge in [-0.1, -0.05) is 59.1 Å². The molecule has 0 heterocycles. The van der Waals surface area contributed by atoms with Crippen LogP contribution in [0.2, 0.25) is 0 Å². The maximum absolute atomic E-state index is 11.6. The van der Waals surface area contributed by atoms with Crippen molar-refractivity contribution in [3.63, 3.8) is 0 Å². The molecule has 2 N–H and O–H groups in total. The van der Waals surface area contributed by atoms with Gasteiger partial charge in [0.1, 0.15) is 0 Å². The van der Waals surface area contributed by atoms with Gasteiger partial charge in [0.05, 0.1) is 0 Å². The molecule has 16 heavy (non-hydrogen) atoms. The summed E-state index contributed by atoms with van der Waals surface area (Å²) in [7, 11) is 0. The number of halogens is 3. The highest BCUT2D eigenvalue weighted by Gasteiger charge is 2.22. The van der Waals surface area contributed by atoms with E-state index in [0.29, 0.717) is 30.5 Å². The van der Waals surface area contributed by atoms with E-state index in [1.807, 2.05) is 0 Å². The molecule has 0 saturated carbocycles. The molecule has 0 amide bonds. The monoisotopic (exact) mass is 279 g/mol. The molecular weight excluding hydrogens is 268 g/mol. The molecule has 0 atom stereocenters. The standard InChI is InChI=1S/C11H12Cl3NO/c12-11(13,14)9-5-3-8(4-6-9)10(16)2-1-7-15/h3-6H,1-2,7,15H2. The van der Waals surface area contributed by atoms with Gasteiger partial charge < -0.3 is 5.73 Å². The van der Waals surface area contributed by atoms with Crippen LogP contribution in [0, 0.1) is 0 Å². The molecule has 0 radical (unpaired) electrons. The Kier molecular flexibility index (Phi) is 5.06. The molecule has 0 aliphatic heterocycles. The van der Waals surface area contributed by atoms with Crippen molar-refractivity contribution >= 4 is 40.6 Å². The zero-order chi connectivity index (χ0) is 12.2. The Morgan fingerprint density at radius 2 is 1.75 bits per heavy atom. The van der Waals surface area contributed by atoms with E-state index in [-0.39, 0.29) is 5.78 Å². The van der Waals surface area contributed by atoms with Gasteiger partial charge in [-0.05, 0) is 13.0 Å². The van der Waals surface area contributed by atoms with Crippen LogP contribution in [-0.2, 0) is 3.79 Å². The van der Waals surface area contributed by atoms with Crippen molar-refractivity contribution in [2.24, 2.45) is 5.73 Å². The molecule has 2 nitrogen and oxygen atoms in total. The van der Waals surface area contributed by atoms with Crippen LogP contribution in [0.5, 0.6) is 0 Å². The molecule has 0 fully saturated rings. The summed E-state index contributed by atoms with van der Waals surface area (Å²) < 4.78 is -1.45. The third-order valence-corrected chi connectivity index (χ3v) is 2.80. The highest BCUT2D eigenvalue weighted by Crippen LogP contribution is 2.38. The smallest absolute Gasteiger partial charge is 0.216 e. The topological polar surface area (TPSA) is 43.1 Å². The zero-order valence-electron chi connectivity index (χ0n) is 8.55. The summed E-state index contributed by atoms with van der Waals surface area (Å²) >= 11 is 17.1. The maximum Gasteiger partial charge on any atom is 0.216 e. The van der Waals surface area contributed by atoms with Gasteiger partial charge in [-0.25, -0.2) is 0 Å². The third-order valence-electron chi connectivity index (χ3n) is 2.14. The van der Waals surface area contributed by atoms with Crippen LogP contribution in [0.3, 0.4) is 0 Å². The SMILES string of the molecule is NCCCC(=O)c1ccc(C(Cl)(Cl)Cl)cc1. The molecule has 0 unspecified atom stereocenters. The summed E-state index contributed by atoms with van der Waals surface area (Å²) in [5, 5.41) is 0. The number of carbonyl (C=O) groups is 1. The van der Waals surface area contributed by atoms with Crippen LogP contribution in [0.25, 0.3) is 0 Å². The second kappa shape index (κ2) is 5.87. The second-order valence-electron chi connectivity index (χ2n) is 3.39.